The van der Waals surface area contributed by atoms with Crippen molar-refractivity contribution in [3.05, 3.63) is 36.9 Å². The minimum Gasteiger partial charge on any atom is -0.637 e. The van der Waals surface area contributed by atoms with Crippen LogP contribution in [0.1, 0.15) is 10.4 Å². The van der Waals surface area contributed by atoms with E-state index in [1.165, 1.54) is 24.3 Å². The second-order valence-electron chi connectivity index (χ2n) is 1.98. The predicted octanol–water partition coefficient (Wildman–Crippen LogP) is 1.34. The van der Waals surface area contributed by atoms with Crippen molar-refractivity contribution in [2.24, 2.45) is 0 Å². The van der Waals surface area contributed by atoms with E-state index in [-0.39, 0.29) is 47.5 Å². The van der Waals surface area contributed by atoms with Gasteiger partial charge in [0.05, 0.1) is 5.56 Å². The van der Waals surface area contributed by atoms with E-state index in [0.717, 1.165) is 0 Å². The molecule has 0 aliphatic heterocycles. The molecule has 0 unspecified atom stereocenters. The van der Waals surface area contributed by atoms with Gasteiger partial charge in [0.15, 0.2) is 0 Å². The molecule has 0 bridgehead atoms. The van der Waals surface area contributed by atoms with Crippen LogP contribution in [0.4, 0.5) is 0 Å². The first-order valence-electron chi connectivity index (χ1n) is 2.99. The fourth-order valence-corrected chi connectivity index (χ4v) is 0.681. The Kier molecular flexibility index (Phi) is 5.44. The van der Waals surface area contributed by atoms with Crippen molar-refractivity contribution in [3.63, 3.8) is 0 Å². The zero-order chi connectivity index (χ0) is 8.27. The summed E-state index contributed by atoms with van der Waals surface area (Å²) in [7, 11) is 2.97. The van der Waals surface area contributed by atoms with Crippen LogP contribution in [0.25, 0.3) is 0 Å². The molecule has 0 fully saturated rings. The molecule has 62 valence electrons. The number of rotatable bonds is 1. The van der Waals surface area contributed by atoms with Crippen LogP contribution in [-0.4, -0.2) is 11.1 Å². The minimum absolute atomic E-state index is 0. The normalized spacial score (nSPS) is 8.42. The van der Waals surface area contributed by atoms with E-state index < -0.39 is 5.97 Å². The summed E-state index contributed by atoms with van der Waals surface area (Å²) in [6, 6.07) is 5.74. The molecule has 0 spiro atoms. The van der Waals surface area contributed by atoms with E-state index in [0.29, 0.717) is 5.56 Å². The average molecular weight is 291 g/mol. The molecule has 1 rings (SSSR count). The van der Waals surface area contributed by atoms with E-state index in [1.54, 1.807) is 0 Å². The van der Waals surface area contributed by atoms with Crippen LogP contribution in [0.2, 0.25) is 0 Å². The molecule has 1 aromatic rings. The first kappa shape index (κ1) is 11.9. The molecule has 4 heteroatoms. The van der Waals surface area contributed by atoms with E-state index in [9.17, 15) is 4.79 Å². The van der Waals surface area contributed by atoms with Gasteiger partial charge in [0.25, 0.3) is 0 Å². The Hall–Kier alpha value is -0.133. The van der Waals surface area contributed by atoms with Gasteiger partial charge >= 0.3 is 5.97 Å². The van der Waals surface area contributed by atoms with Crippen LogP contribution in [0.3, 0.4) is 0 Å². The van der Waals surface area contributed by atoms with Crippen LogP contribution in [0, 0.1) is 48.9 Å². The SMILES string of the molecule is [CH2-]OC(=O)c1ccc(O)cc1.[Ce]. The molecule has 0 atom stereocenters. The predicted molar refractivity (Wildman–Crippen MR) is 38.9 cm³/mol. The zero-order valence-electron chi connectivity index (χ0n) is 6.28. The molecule has 1 aromatic carbocycles. The van der Waals surface area contributed by atoms with Gasteiger partial charge in [-0.15, -0.1) is 0 Å². The Morgan fingerprint density at radius 2 is 1.83 bits per heavy atom. The molecule has 3 nitrogen and oxygen atoms in total. The molecule has 12 heavy (non-hydrogen) atoms. The number of aromatic hydroxyl groups is 1. The summed E-state index contributed by atoms with van der Waals surface area (Å²) in [6.07, 6.45) is 0. The van der Waals surface area contributed by atoms with E-state index >= 15 is 0 Å². The van der Waals surface area contributed by atoms with Crippen LogP contribution in [0.15, 0.2) is 24.3 Å². The summed E-state index contributed by atoms with van der Waals surface area (Å²) in [5.74, 6) is -0.393. The van der Waals surface area contributed by atoms with Gasteiger partial charge < -0.3 is 9.84 Å². The van der Waals surface area contributed by atoms with Gasteiger partial charge in [0, 0.05) is 41.7 Å². The largest absolute Gasteiger partial charge is 0.637 e. The second-order valence-corrected chi connectivity index (χ2v) is 1.98. The first-order valence-corrected chi connectivity index (χ1v) is 2.99. The Morgan fingerprint density at radius 1 is 1.33 bits per heavy atom. The molecular weight excluding hydrogens is 284 g/mol. The van der Waals surface area contributed by atoms with Crippen LogP contribution >= 0.6 is 0 Å². The van der Waals surface area contributed by atoms with Crippen molar-refractivity contribution in [3.8, 4) is 5.75 Å². The summed E-state index contributed by atoms with van der Waals surface area (Å²) in [5, 5.41) is 8.84. The van der Waals surface area contributed by atoms with Crippen molar-refractivity contribution in [1.82, 2.24) is 0 Å². The number of carbonyl (C=O) groups excluding carboxylic acids is 1. The van der Waals surface area contributed by atoms with Crippen molar-refractivity contribution >= 4 is 5.97 Å². The molecule has 0 saturated carbocycles. The van der Waals surface area contributed by atoms with Gasteiger partial charge in [-0.3, -0.25) is 0 Å². The van der Waals surface area contributed by atoms with Crippen molar-refractivity contribution < 1.29 is 56.4 Å². The van der Waals surface area contributed by atoms with Gasteiger partial charge in [0.2, 0.25) is 0 Å². The molecular formula is C8H7CeO3-. The van der Waals surface area contributed by atoms with Gasteiger partial charge in [-0.25, -0.2) is 4.79 Å². The summed E-state index contributed by atoms with van der Waals surface area (Å²) >= 11 is 0. The third kappa shape index (κ3) is 3.08. The maximum absolute atomic E-state index is 10.8. The maximum Gasteiger partial charge on any atom is 0.306 e. The molecule has 0 heterocycles. The number of hydrogen-bond donors (Lipinski definition) is 1. The van der Waals surface area contributed by atoms with Crippen LogP contribution in [0.5, 0.6) is 5.75 Å². The Morgan fingerprint density at radius 3 is 2.25 bits per heavy atom. The van der Waals surface area contributed by atoms with Gasteiger partial charge in [-0.1, -0.05) is 0 Å². The number of carbonyl (C=O) groups is 1. The first-order chi connectivity index (χ1) is 5.24. The van der Waals surface area contributed by atoms with Crippen molar-refractivity contribution in [2.45, 2.75) is 0 Å². The fraction of sp³-hybridized carbons (Fsp3) is 0. The Labute approximate surface area is 104 Å². The fourth-order valence-electron chi connectivity index (χ4n) is 0.681. The van der Waals surface area contributed by atoms with E-state index in [2.05, 4.69) is 11.8 Å². The van der Waals surface area contributed by atoms with Crippen LogP contribution < -0.4 is 0 Å². The van der Waals surface area contributed by atoms with Gasteiger partial charge in [-0.2, -0.15) is 7.11 Å². The van der Waals surface area contributed by atoms with Crippen LogP contribution in [-0.2, 0) is 4.74 Å². The maximum atomic E-state index is 10.8. The monoisotopic (exact) mass is 291 g/mol. The topological polar surface area (TPSA) is 46.5 Å². The van der Waals surface area contributed by atoms with E-state index in [1.807, 2.05) is 0 Å². The standard InChI is InChI=1S/C8H7O3.Ce/c1-11-8(10)6-2-4-7(9)5-3-6;/h2-5,9H,1H2;/q-1;. The molecule has 0 aliphatic carbocycles. The molecule has 0 saturated heterocycles. The second kappa shape index (κ2) is 5.50. The minimum atomic E-state index is -0.509. The van der Waals surface area contributed by atoms with Gasteiger partial charge in [0.1, 0.15) is 5.75 Å². The third-order valence-corrected chi connectivity index (χ3v) is 1.23. The average Bonchev–Trinajstić information content (AvgIpc) is 2.05. The number of hydrogen-bond acceptors (Lipinski definition) is 3. The molecule has 1 N–H and O–H groups in total. The summed E-state index contributed by atoms with van der Waals surface area (Å²) < 4.78 is 4.21. The summed E-state index contributed by atoms with van der Waals surface area (Å²) in [6.45, 7) is 0. The number of phenolic OH excluding ortho intramolecular Hbond substituents is 1. The number of benzene rings is 1. The van der Waals surface area contributed by atoms with Gasteiger partial charge in [-0.05, 0) is 24.3 Å². The molecule has 0 radical (unpaired) electrons. The van der Waals surface area contributed by atoms with Crippen molar-refractivity contribution in [2.75, 3.05) is 0 Å². The number of phenols is 1. The Bertz CT molecular complexity index is 256. The molecule has 0 amide bonds. The number of esters is 1. The van der Waals surface area contributed by atoms with Crippen molar-refractivity contribution in [1.29, 1.82) is 0 Å². The zero-order valence-corrected chi connectivity index (χ0v) is 9.42. The molecule has 0 aromatic heterocycles. The number of ether oxygens (including phenoxy) is 1. The van der Waals surface area contributed by atoms with E-state index in [4.69, 9.17) is 5.11 Å². The molecule has 0 aliphatic rings. The Balaban J connectivity index is 0.00000121. The summed E-state index contributed by atoms with van der Waals surface area (Å²) in [5.41, 5.74) is 0.373. The quantitative estimate of drug-likeness (QED) is 0.627. The smallest absolute Gasteiger partial charge is 0.306 e. The third-order valence-electron chi connectivity index (χ3n) is 1.23. The summed E-state index contributed by atoms with van der Waals surface area (Å²) in [4.78, 5) is 10.8.